The zero-order valence-corrected chi connectivity index (χ0v) is 20.2. The van der Waals surface area contributed by atoms with Crippen LogP contribution in [0.1, 0.15) is 19.2 Å². The second-order valence-corrected chi connectivity index (χ2v) is 6.53. The minimum absolute atomic E-state index is 0. The average Bonchev–Trinajstić information content (AvgIpc) is 3.25. The van der Waals surface area contributed by atoms with E-state index >= 15 is 0 Å². The Labute approximate surface area is 200 Å². The average molecular weight is 536 g/mol. The molecule has 1 aromatic heterocycles. The van der Waals surface area contributed by atoms with Crippen LogP contribution in [0, 0.1) is 0 Å². The number of ether oxygens (including phenoxy) is 2. The summed E-state index contributed by atoms with van der Waals surface area (Å²) in [4.78, 5) is 8.92. The molecule has 1 heterocycles. The summed E-state index contributed by atoms with van der Waals surface area (Å²) in [6.45, 7) is 4.38. The van der Waals surface area contributed by atoms with Crippen molar-refractivity contribution in [3.8, 4) is 17.1 Å². The Balaban J connectivity index is 0.00000341. The lowest BCUT2D eigenvalue weighted by Gasteiger charge is -2.12. The van der Waals surface area contributed by atoms with Crippen LogP contribution in [-0.2, 0) is 11.3 Å². The summed E-state index contributed by atoms with van der Waals surface area (Å²) in [6.07, 6.45) is 2.57. The maximum Gasteiger partial charge on any atom is 0.216 e. The van der Waals surface area contributed by atoms with Crippen molar-refractivity contribution in [1.82, 2.24) is 10.3 Å². The van der Waals surface area contributed by atoms with Gasteiger partial charge in [0.05, 0.1) is 12.8 Å². The topological polar surface area (TPSA) is 80.9 Å². The highest BCUT2D eigenvalue weighted by Crippen LogP contribution is 2.20. The van der Waals surface area contributed by atoms with Gasteiger partial charge in [-0.05, 0) is 19.1 Å². The van der Waals surface area contributed by atoms with Crippen LogP contribution in [0.5, 0.6) is 5.75 Å². The number of aliphatic imine (C=N–C) groups is 1. The molecule has 0 spiro atoms. The van der Waals surface area contributed by atoms with Crippen molar-refractivity contribution in [2.45, 2.75) is 19.9 Å². The van der Waals surface area contributed by atoms with Crippen molar-refractivity contribution < 1.29 is 13.9 Å². The number of methoxy groups -OCH3 is 1. The van der Waals surface area contributed by atoms with Gasteiger partial charge in [0.15, 0.2) is 11.7 Å². The third-order valence-electron chi connectivity index (χ3n) is 4.19. The Bertz CT molecular complexity index is 931. The number of rotatable bonds is 10. The molecule has 0 radical (unpaired) electrons. The number of hydrogen-bond acceptors (Lipinski definition) is 5. The molecule has 3 rings (SSSR count). The van der Waals surface area contributed by atoms with Crippen LogP contribution in [-0.4, -0.2) is 37.8 Å². The third-order valence-corrected chi connectivity index (χ3v) is 4.19. The van der Waals surface area contributed by atoms with E-state index in [2.05, 4.69) is 20.6 Å². The van der Waals surface area contributed by atoms with E-state index in [0.717, 1.165) is 35.7 Å². The molecule has 2 aromatic carbocycles. The van der Waals surface area contributed by atoms with Gasteiger partial charge in [-0.25, -0.2) is 9.98 Å². The fourth-order valence-electron chi connectivity index (χ4n) is 2.77. The largest absolute Gasteiger partial charge is 0.493 e. The number of halogens is 1. The fourth-order valence-corrected chi connectivity index (χ4v) is 2.77. The van der Waals surface area contributed by atoms with Gasteiger partial charge >= 0.3 is 0 Å². The molecular weight excluding hydrogens is 507 g/mol. The van der Waals surface area contributed by atoms with Gasteiger partial charge in [-0.15, -0.1) is 24.0 Å². The van der Waals surface area contributed by atoms with E-state index < -0.39 is 0 Å². The molecule has 166 valence electrons. The quantitative estimate of drug-likeness (QED) is 0.165. The van der Waals surface area contributed by atoms with Gasteiger partial charge in [0.2, 0.25) is 5.89 Å². The molecule has 0 saturated heterocycles. The van der Waals surface area contributed by atoms with Crippen LogP contribution in [0.3, 0.4) is 0 Å². The standard InChI is InChI=1S/C23H28N4O3.HI/c1-3-24-23(27-19-11-7-12-20(15-19)29-14-8-13-28-2)26-17-22-25-16-21(30-22)18-9-5-4-6-10-18;/h4-7,9-12,15-16H,3,8,13-14,17H2,1-2H3,(H2,24,26,27);1H. The summed E-state index contributed by atoms with van der Waals surface area (Å²) in [7, 11) is 1.69. The molecule has 0 bridgehead atoms. The lowest BCUT2D eigenvalue weighted by Crippen LogP contribution is -2.30. The maximum atomic E-state index is 5.83. The highest BCUT2D eigenvalue weighted by atomic mass is 127. The van der Waals surface area contributed by atoms with Crippen molar-refractivity contribution in [3.63, 3.8) is 0 Å². The number of hydrogen-bond donors (Lipinski definition) is 2. The summed E-state index contributed by atoms with van der Waals surface area (Å²) in [6, 6.07) is 17.7. The summed E-state index contributed by atoms with van der Waals surface area (Å²) < 4.78 is 16.6. The normalized spacial score (nSPS) is 11.0. The maximum absolute atomic E-state index is 5.83. The monoisotopic (exact) mass is 536 g/mol. The van der Waals surface area contributed by atoms with Crippen LogP contribution in [0.2, 0.25) is 0 Å². The summed E-state index contributed by atoms with van der Waals surface area (Å²) in [5, 5.41) is 6.53. The van der Waals surface area contributed by atoms with E-state index in [1.54, 1.807) is 13.3 Å². The summed E-state index contributed by atoms with van der Waals surface area (Å²) in [5.74, 6) is 2.74. The molecule has 7 nitrogen and oxygen atoms in total. The number of guanidine groups is 1. The predicted octanol–water partition coefficient (Wildman–Crippen LogP) is 4.95. The van der Waals surface area contributed by atoms with Crippen molar-refractivity contribution in [3.05, 3.63) is 66.7 Å². The molecule has 0 fully saturated rings. The molecule has 0 aliphatic heterocycles. The highest BCUT2D eigenvalue weighted by molar-refractivity contribution is 14.0. The molecule has 3 aromatic rings. The third kappa shape index (κ3) is 8.22. The fraction of sp³-hybridized carbons (Fsp3) is 0.304. The first kappa shape index (κ1) is 24.7. The molecule has 31 heavy (non-hydrogen) atoms. The van der Waals surface area contributed by atoms with Gasteiger partial charge < -0.3 is 24.5 Å². The Morgan fingerprint density at radius 1 is 1.10 bits per heavy atom. The van der Waals surface area contributed by atoms with Crippen molar-refractivity contribution in [2.75, 3.05) is 32.2 Å². The zero-order valence-electron chi connectivity index (χ0n) is 17.8. The first-order valence-corrected chi connectivity index (χ1v) is 10.1. The molecular formula is C23H29IN4O3. The van der Waals surface area contributed by atoms with Crippen LogP contribution in [0.25, 0.3) is 11.3 Å². The van der Waals surface area contributed by atoms with Crippen molar-refractivity contribution in [1.29, 1.82) is 0 Å². The summed E-state index contributed by atoms with van der Waals surface area (Å²) >= 11 is 0. The number of nitrogens with one attached hydrogen (secondary N) is 2. The Morgan fingerprint density at radius 2 is 1.94 bits per heavy atom. The van der Waals surface area contributed by atoms with Crippen LogP contribution >= 0.6 is 24.0 Å². The molecule has 8 heteroatoms. The van der Waals surface area contributed by atoms with Gasteiger partial charge in [-0.2, -0.15) is 0 Å². The minimum atomic E-state index is 0. The number of oxazole rings is 1. The molecule has 0 saturated carbocycles. The van der Waals surface area contributed by atoms with Gasteiger partial charge in [-0.3, -0.25) is 0 Å². The van der Waals surface area contributed by atoms with E-state index in [-0.39, 0.29) is 24.0 Å². The number of anilines is 1. The van der Waals surface area contributed by atoms with Crippen molar-refractivity contribution in [2.24, 2.45) is 4.99 Å². The van der Waals surface area contributed by atoms with E-state index in [4.69, 9.17) is 13.9 Å². The van der Waals surface area contributed by atoms with Crippen LogP contribution < -0.4 is 15.4 Å². The smallest absolute Gasteiger partial charge is 0.216 e. The van der Waals surface area contributed by atoms with E-state index in [9.17, 15) is 0 Å². The lowest BCUT2D eigenvalue weighted by molar-refractivity contribution is 0.172. The molecule has 0 aliphatic rings. The lowest BCUT2D eigenvalue weighted by atomic mass is 10.2. The van der Waals surface area contributed by atoms with E-state index in [1.807, 2.05) is 61.5 Å². The molecule has 0 unspecified atom stereocenters. The van der Waals surface area contributed by atoms with Crippen LogP contribution in [0.4, 0.5) is 5.69 Å². The Morgan fingerprint density at radius 3 is 2.71 bits per heavy atom. The van der Waals surface area contributed by atoms with Gasteiger partial charge in [0, 0.05) is 44.0 Å². The van der Waals surface area contributed by atoms with Crippen LogP contribution in [0.15, 0.2) is 70.2 Å². The molecule has 0 amide bonds. The second kappa shape index (κ2) is 13.7. The van der Waals surface area contributed by atoms with E-state index in [0.29, 0.717) is 31.6 Å². The van der Waals surface area contributed by atoms with Gasteiger partial charge in [0.25, 0.3) is 0 Å². The Hall–Kier alpha value is -2.59. The number of nitrogens with zero attached hydrogens (tertiary/aromatic N) is 2. The molecule has 2 N–H and O–H groups in total. The van der Waals surface area contributed by atoms with Crippen molar-refractivity contribution >= 4 is 35.6 Å². The van der Waals surface area contributed by atoms with E-state index in [1.165, 1.54) is 0 Å². The second-order valence-electron chi connectivity index (χ2n) is 6.53. The molecule has 0 aliphatic carbocycles. The number of benzene rings is 2. The van der Waals surface area contributed by atoms with Gasteiger partial charge in [0.1, 0.15) is 12.3 Å². The number of aromatic nitrogens is 1. The molecule has 0 atom stereocenters. The predicted molar refractivity (Wildman–Crippen MR) is 134 cm³/mol. The SMILES string of the molecule is CCNC(=NCc1ncc(-c2ccccc2)o1)Nc1cccc(OCCCOC)c1.I. The minimum Gasteiger partial charge on any atom is -0.493 e. The first-order valence-electron chi connectivity index (χ1n) is 10.1. The first-order chi connectivity index (χ1) is 14.8. The van der Waals surface area contributed by atoms with Gasteiger partial charge in [-0.1, -0.05) is 36.4 Å². The highest BCUT2D eigenvalue weighted by Gasteiger charge is 2.07. The Kier molecular flexibility index (Phi) is 10.9. The zero-order chi connectivity index (χ0) is 21.0. The summed E-state index contributed by atoms with van der Waals surface area (Å²) in [5.41, 5.74) is 1.88.